The van der Waals surface area contributed by atoms with Crippen LogP contribution in [0.25, 0.3) is 0 Å². The van der Waals surface area contributed by atoms with Gasteiger partial charge in [0, 0.05) is 31.2 Å². The average Bonchev–Trinajstić information content (AvgIpc) is 2.54. The first-order valence-electron chi connectivity index (χ1n) is 8.65. The molecule has 1 aromatic carbocycles. The largest absolute Gasteiger partial charge is 0.371 e. The number of carbonyl (C=O) groups excluding carboxylic acids is 1. The van der Waals surface area contributed by atoms with Gasteiger partial charge in [0.1, 0.15) is 0 Å². The average molecular weight is 327 g/mol. The van der Waals surface area contributed by atoms with Crippen LogP contribution >= 0.6 is 0 Å². The number of carbonyl (C=O) groups is 1. The van der Waals surface area contributed by atoms with E-state index in [1.54, 1.807) is 0 Å². The number of nitrogens with one attached hydrogen (secondary N) is 1. The first-order valence-corrected chi connectivity index (χ1v) is 8.65. The van der Waals surface area contributed by atoms with Gasteiger partial charge in [-0.25, -0.2) is 0 Å². The van der Waals surface area contributed by atoms with E-state index in [1.165, 1.54) is 11.3 Å². The van der Waals surface area contributed by atoms with E-state index in [2.05, 4.69) is 61.2 Å². The highest BCUT2D eigenvalue weighted by atomic mass is 16.1. The SMILES string of the molecule is C#CC[C@H](NC1CCN(c2ccc(C(C)(C)C)cc2)CC1)C(N)=O. The molecule has 0 unspecified atom stereocenters. The van der Waals surface area contributed by atoms with Gasteiger partial charge in [-0.3, -0.25) is 4.79 Å². The summed E-state index contributed by atoms with van der Waals surface area (Å²) in [5.74, 6) is 2.15. The van der Waals surface area contributed by atoms with E-state index < -0.39 is 6.04 Å². The quantitative estimate of drug-likeness (QED) is 0.817. The Labute approximate surface area is 145 Å². The molecule has 0 saturated carbocycles. The first-order chi connectivity index (χ1) is 11.3. The molecule has 1 fully saturated rings. The van der Waals surface area contributed by atoms with E-state index in [0.29, 0.717) is 12.5 Å². The molecular formula is C20H29N3O. The Balaban J connectivity index is 1.91. The number of nitrogens with zero attached hydrogens (tertiary/aromatic N) is 1. The topological polar surface area (TPSA) is 58.4 Å². The molecule has 0 spiro atoms. The Hall–Kier alpha value is -1.99. The molecule has 1 heterocycles. The zero-order chi connectivity index (χ0) is 17.7. The highest BCUT2D eigenvalue weighted by Gasteiger charge is 2.24. The zero-order valence-corrected chi connectivity index (χ0v) is 15.0. The molecule has 2 rings (SSSR count). The number of hydrogen-bond donors (Lipinski definition) is 2. The number of benzene rings is 1. The number of primary amides is 1. The maximum atomic E-state index is 11.4. The lowest BCUT2D eigenvalue weighted by Gasteiger charge is -2.35. The second-order valence-corrected chi connectivity index (χ2v) is 7.59. The number of hydrogen-bond acceptors (Lipinski definition) is 3. The number of amides is 1. The van der Waals surface area contributed by atoms with Crippen LogP contribution in [0.1, 0.15) is 45.6 Å². The normalized spacial score (nSPS) is 17.3. The maximum Gasteiger partial charge on any atom is 0.235 e. The third kappa shape index (κ3) is 4.75. The van der Waals surface area contributed by atoms with Crippen LogP contribution in [-0.2, 0) is 10.2 Å². The van der Waals surface area contributed by atoms with Gasteiger partial charge in [0.25, 0.3) is 0 Å². The van der Waals surface area contributed by atoms with E-state index >= 15 is 0 Å². The molecule has 0 bridgehead atoms. The van der Waals surface area contributed by atoms with Crippen LogP contribution in [-0.4, -0.2) is 31.1 Å². The van der Waals surface area contributed by atoms with Gasteiger partial charge in [-0.05, 0) is 36.0 Å². The molecule has 0 radical (unpaired) electrons. The molecule has 1 aromatic rings. The fourth-order valence-corrected chi connectivity index (χ4v) is 3.12. The lowest BCUT2D eigenvalue weighted by atomic mass is 9.87. The third-order valence-corrected chi connectivity index (χ3v) is 4.70. The maximum absolute atomic E-state index is 11.4. The summed E-state index contributed by atoms with van der Waals surface area (Å²) >= 11 is 0. The Bertz CT molecular complexity index is 587. The van der Waals surface area contributed by atoms with Crippen LogP contribution in [0, 0.1) is 12.3 Å². The standard InChI is InChI=1S/C20H29N3O/c1-5-6-18(19(21)24)22-16-11-13-23(14-12-16)17-9-7-15(8-10-17)20(2,3)4/h1,7-10,16,18,22H,6,11-14H2,2-4H3,(H2,21,24)/t18-/m0/s1. The van der Waals surface area contributed by atoms with Gasteiger partial charge in [-0.1, -0.05) is 32.9 Å². The molecule has 3 N–H and O–H groups in total. The van der Waals surface area contributed by atoms with Crippen LogP contribution < -0.4 is 16.0 Å². The molecule has 0 aromatic heterocycles. The Morgan fingerprint density at radius 2 is 1.92 bits per heavy atom. The molecule has 0 aliphatic carbocycles. The predicted octanol–water partition coefficient (Wildman–Crippen LogP) is 2.42. The Morgan fingerprint density at radius 3 is 2.38 bits per heavy atom. The molecule has 130 valence electrons. The lowest BCUT2D eigenvalue weighted by Crippen LogP contribution is -2.50. The summed E-state index contributed by atoms with van der Waals surface area (Å²) in [6.45, 7) is 8.61. The fraction of sp³-hybridized carbons (Fsp3) is 0.550. The molecule has 4 heteroatoms. The van der Waals surface area contributed by atoms with Crippen molar-refractivity contribution in [2.75, 3.05) is 18.0 Å². The number of nitrogens with two attached hydrogens (primary N) is 1. The first kappa shape index (κ1) is 18.4. The van der Waals surface area contributed by atoms with Crippen molar-refractivity contribution in [1.82, 2.24) is 5.32 Å². The molecular weight excluding hydrogens is 298 g/mol. The monoisotopic (exact) mass is 327 g/mol. The van der Waals surface area contributed by atoms with E-state index in [1.807, 2.05) is 0 Å². The predicted molar refractivity (Wildman–Crippen MR) is 99.9 cm³/mol. The van der Waals surface area contributed by atoms with Gasteiger partial charge in [0.05, 0.1) is 6.04 Å². The number of anilines is 1. The van der Waals surface area contributed by atoms with Crippen molar-refractivity contribution in [3.05, 3.63) is 29.8 Å². The molecule has 1 aliphatic rings. The van der Waals surface area contributed by atoms with E-state index in [-0.39, 0.29) is 11.3 Å². The minimum atomic E-state index is -0.419. The van der Waals surface area contributed by atoms with E-state index in [4.69, 9.17) is 12.2 Å². The number of rotatable bonds is 5. The summed E-state index contributed by atoms with van der Waals surface area (Å²) in [5.41, 5.74) is 8.19. The molecule has 1 atom stereocenters. The number of piperidine rings is 1. The highest BCUT2D eigenvalue weighted by Crippen LogP contribution is 2.26. The Morgan fingerprint density at radius 1 is 1.33 bits per heavy atom. The van der Waals surface area contributed by atoms with Crippen LogP contribution in [0.2, 0.25) is 0 Å². The molecule has 1 saturated heterocycles. The summed E-state index contributed by atoms with van der Waals surface area (Å²) in [5, 5.41) is 3.31. The van der Waals surface area contributed by atoms with Crippen LogP contribution in [0.3, 0.4) is 0 Å². The second-order valence-electron chi connectivity index (χ2n) is 7.59. The van der Waals surface area contributed by atoms with Crippen molar-refractivity contribution in [3.8, 4) is 12.3 Å². The zero-order valence-electron chi connectivity index (χ0n) is 15.0. The molecule has 1 amide bonds. The van der Waals surface area contributed by atoms with Crippen molar-refractivity contribution >= 4 is 11.6 Å². The van der Waals surface area contributed by atoms with Gasteiger partial charge in [-0.15, -0.1) is 12.3 Å². The van der Waals surface area contributed by atoms with Crippen LogP contribution in [0.5, 0.6) is 0 Å². The highest BCUT2D eigenvalue weighted by molar-refractivity contribution is 5.80. The summed E-state index contributed by atoms with van der Waals surface area (Å²) < 4.78 is 0. The minimum Gasteiger partial charge on any atom is -0.371 e. The van der Waals surface area contributed by atoms with Crippen molar-refractivity contribution in [2.24, 2.45) is 5.73 Å². The summed E-state index contributed by atoms with van der Waals surface area (Å²) in [6, 6.07) is 8.72. The van der Waals surface area contributed by atoms with Crippen molar-refractivity contribution in [1.29, 1.82) is 0 Å². The summed E-state index contributed by atoms with van der Waals surface area (Å²) in [6.07, 6.45) is 7.62. The van der Waals surface area contributed by atoms with Gasteiger partial charge >= 0.3 is 0 Å². The lowest BCUT2D eigenvalue weighted by molar-refractivity contribution is -0.120. The fourth-order valence-electron chi connectivity index (χ4n) is 3.12. The molecule has 1 aliphatic heterocycles. The van der Waals surface area contributed by atoms with Gasteiger partial charge in [0.15, 0.2) is 0 Å². The van der Waals surface area contributed by atoms with Crippen molar-refractivity contribution in [2.45, 2.75) is 57.5 Å². The minimum absolute atomic E-state index is 0.177. The summed E-state index contributed by atoms with van der Waals surface area (Å²) in [4.78, 5) is 13.8. The van der Waals surface area contributed by atoms with Gasteiger partial charge in [-0.2, -0.15) is 0 Å². The van der Waals surface area contributed by atoms with E-state index in [9.17, 15) is 4.79 Å². The smallest absolute Gasteiger partial charge is 0.235 e. The second kappa shape index (κ2) is 7.72. The molecule has 4 nitrogen and oxygen atoms in total. The number of terminal acetylenes is 1. The third-order valence-electron chi connectivity index (χ3n) is 4.70. The van der Waals surface area contributed by atoms with E-state index in [0.717, 1.165) is 25.9 Å². The van der Waals surface area contributed by atoms with Gasteiger partial charge < -0.3 is 16.0 Å². The van der Waals surface area contributed by atoms with Crippen molar-refractivity contribution in [3.63, 3.8) is 0 Å². The van der Waals surface area contributed by atoms with Crippen LogP contribution in [0.4, 0.5) is 5.69 Å². The Kier molecular flexibility index (Phi) is 5.90. The summed E-state index contributed by atoms with van der Waals surface area (Å²) in [7, 11) is 0. The van der Waals surface area contributed by atoms with Gasteiger partial charge in [0.2, 0.25) is 5.91 Å². The van der Waals surface area contributed by atoms with Crippen molar-refractivity contribution < 1.29 is 4.79 Å². The molecule has 24 heavy (non-hydrogen) atoms. The van der Waals surface area contributed by atoms with Crippen LogP contribution in [0.15, 0.2) is 24.3 Å².